The number of carbonyl (C=O) groups is 1. The first-order valence-electron chi connectivity index (χ1n) is 6.94. The fraction of sp³-hybridized carbons (Fsp3) is 0.375. The Hall–Kier alpha value is -2.14. The summed E-state index contributed by atoms with van der Waals surface area (Å²) >= 11 is 0. The predicted octanol–water partition coefficient (Wildman–Crippen LogP) is 2.44. The summed E-state index contributed by atoms with van der Waals surface area (Å²) in [6.07, 6.45) is 1.13. The van der Waals surface area contributed by atoms with Crippen LogP contribution in [-0.4, -0.2) is 34.9 Å². The van der Waals surface area contributed by atoms with Crippen LogP contribution < -0.4 is 0 Å². The highest BCUT2D eigenvalue weighted by molar-refractivity contribution is 5.75. The third-order valence-corrected chi connectivity index (χ3v) is 3.44. The summed E-state index contributed by atoms with van der Waals surface area (Å²) in [5.74, 6) is -0.0277. The summed E-state index contributed by atoms with van der Waals surface area (Å²) in [7, 11) is 3.11. The number of amides is 1. The van der Waals surface area contributed by atoms with E-state index in [0.29, 0.717) is 12.8 Å². The third-order valence-electron chi connectivity index (χ3n) is 3.44. The molecule has 2 rings (SSSR count). The van der Waals surface area contributed by atoms with Gasteiger partial charge in [-0.3, -0.25) is 9.63 Å². The van der Waals surface area contributed by atoms with Crippen LogP contribution in [0.3, 0.4) is 0 Å². The van der Waals surface area contributed by atoms with E-state index in [-0.39, 0.29) is 5.91 Å². The zero-order chi connectivity index (χ0) is 15.4. The quantitative estimate of drug-likeness (QED) is 0.794. The Kier molecular flexibility index (Phi) is 4.75. The van der Waals surface area contributed by atoms with E-state index in [4.69, 9.17) is 4.84 Å². The van der Waals surface area contributed by atoms with Crippen molar-refractivity contribution in [2.24, 2.45) is 0 Å². The largest absolute Gasteiger partial charge is 0.275 e. The first-order valence-corrected chi connectivity index (χ1v) is 6.94. The van der Waals surface area contributed by atoms with Crippen LogP contribution >= 0.6 is 0 Å². The molecule has 0 aliphatic rings. The molecular formula is C16H21N3O2. The normalized spacial score (nSPS) is 10.7. The van der Waals surface area contributed by atoms with Gasteiger partial charge in [0.05, 0.1) is 18.5 Å². The van der Waals surface area contributed by atoms with E-state index in [1.165, 1.54) is 12.2 Å². The molecule has 1 amide bonds. The number of hydrogen-bond donors (Lipinski definition) is 0. The number of carbonyl (C=O) groups excluding carboxylic acids is 1. The van der Waals surface area contributed by atoms with E-state index in [9.17, 15) is 4.79 Å². The molecular weight excluding hydrogens is 266 g/mol. The number of rotatable bonds is 5. The fourth-order valence-electron chi connectivity index (χ4n) is 2.20. The van der Waals surface area contributed by atoms with Crippen molar-refractivity contribution in [2.45, 2.75) is 26.7 Å². The Labute approximate surface area is 125 Å². The SMILES string of the molecule is CON(C)C(=O)CCc1ccc(-n2nc(C)cc2C)cc1. The molecule has 21 heavy (non-hydrogen) atoms. The lowest BCUT2D eigenvalue weighted by molar-refractivity contribution is -0.168. The van der Waals surface area contributed by atoms with E-state index in [1.54, 1.807) is 7.05 Å². The number of nitrogens with zero attached hydrogens (tertiary/aromatic N) is 3. The molecule has 2 aromatic rings. The molecule has 0 fully saturated rings. The van der Waals surface area contributed by atoms with E-state index in [2.05, 4.69) is 5.10 Å². The van der Waals surface area contributed by atoms with Gasteiger partial charge in [0.2, 0.25) is 5.91 Å². The van der Waals surface area contributed by atoms with Crippen LogP contribution in [0.15, 0.2) is 30.3 Å². The van der Waals surface area contributed by atoms with Crippen molar-refractivity contribution in [3.05, 3.63) is 47.3 Å². The molecule has 0 atom stereocenters. The Morgan fingerprint density at radius 3 is 2.48 bits per heavy atom. The Morgan fingerprint density at radius 2 is 1.95 bits per heavy atom. The minimum absolute atomic E-state index is 0.0277. The van der Waals surface area contributed by atoms with Gasteiger partial charge in [0, 0.05) is 19.2 Å². The molecule has 1 aromatic heterocycles. The molecule has 112 valence electrons. The molecule has 0 radical (unpaired) electrons. The van der Waals surface area contributed by atoms with Crippen molar-refractivity contribution in [3.63, 3.8) is 0 Å². The molecule has 1 aromatic carbocycles. The molecule has 0 N–H and O–H groups in total. The number of aryl methyl sites for hydroxylation is 3. The minimum atomic E-state index is -0.0277. The lowest BCUT2D eigenvalue weighted by Crippen LogP contribution is -2.25. The monoisotopic (exact) mass is 287 g/mol. The number of aromatic nitrogens is 2. The van der Waals surface area contributed by atoms with E-state index in [1.807, 2.05) is 48.9 Å². The molecule has 0 saturated carbocycles. The standard InChI is InChI=1S/C16H21N3O2/c1-12-11-13(2)19(17-12)15-8-5-14(6-9-15)7-10-16(20)18(3)21-4/h5-6,8-9,11H,7,10H2,1-4H3. The van der Waals surface area contributed by atoms with Crippen LogP contribution in [0.1, 0.15) is 23.4 Å². The molecule has 0 unspecified atom stereocenters. The van der Waals surface area contributed by atoms with Crippen LogP contribution in [0.2, 0.25) is 0 Å². The van der Waals surface area contributed by atoms with Crippen LogP contribution in [0.25, 0.3) is 5.69 Å². The summed E-state index contributed by atoms with van der Waals surface area (Å²) < 4.78 is 1.92. The van der Waals surface area contributed by atoms with Gasteiger partial charge in [0.15, 0.2) is 0 Å². The Morgan fingerprint density at radius 1 is 1.29 bits per heavy atom. The average molecular weight is 287 g/mol. The molecule has 5 nitrogen and oxygen atoms in total. The van der Waals surface area contributed by atoms with Crippen LogP contribution in [0, 0.1) is 13.8 Å². The fourth-order valence-corrected chi connectivity index (χ4v) is 2.20. The van der Waals surface area contributed by atoms with Crippen molar-refractivity contribution < 1.29 is 9.63 Å². The smallest absolute Gasteiger partial charge is 0.246 e. The second-order valence-electron chi connectivity index (χ2n) is 5.08. The summed E-state index contributed by atoms with van der Waals surface area (Å²) in [6, 6.07) is 10.2. The maximum Gasteiger partial charge on any atom is 0.246 e. The van der Waals surface area contributed by atoms with Gasteiger partial charge in [-0.15, -0.1) is 0 Å². The van der Waals surface area contributed by atoms with E-state index >= 15 is 0 Å². The van der Waals surface area contributed by atoms with Gasteiger partial charge in [-0.2, -0.15) is 5.10 Å². The summed E-state index contributed by atoms with van der Waals surface area (Å²) in [6.45, 7) is 4.02. The van der Waals surface area contributed by atoms with Crippen molar-refractivity contribution in [3.8, 4) is 5.69 Å². The van der Waals surface area contributed by atoms with Crippen molar-refractivity contribution in [1.29, 1.82) is 0 Å². The zero-order valence-electron chi connectivity index (χ0n) is 13.0. The Balaban J connectivity index is 2.03. The van der Waals surface area contributed by atoms with Gasteiger partial charge in [-0.05, 0) is 44.0 Å². The maximum absolute atomic E-state index is 11.7. The molecule has 0 aliphatic heterocycles. The van der Waals surface area contributed by atoms with E-state index < -0.39 is 0 Å². The number of hydrogen-bond acceptors (Lipinski definition) is 3. The van der Waals surface area contributed by atoms with Crippen molar-refractivity contribution in [1.82, 2.24) is 14.8 Å². The van der Waals surface area contributed by atoms with Gasteiger partial charge in [-0.1, -0.05) is 12.1 Å². The van der Waals surface area contributed by atoms with Gasteiger partial charge in [-0.25, -0.2) is 9.75 Å². The number of benzene rings is 1. The van der Waals surface area contributed by atoms with E-state index in [0.717, 1.165) is 22.6 Å². The van der Waals surface area contributed by atoms with Crippen molar-refractivity contribution in [2.75, 3.05) is 14.2 Å². The average Bonchev–Trinajstić information content (AvgIpc) is 2.83. The van der Waals surface area contributed by atoms with Gasteiger partial charge >= 0.3 is 0 Å². The molecule has 0 aliphatic carbocycles. The van der Waals surface area contributed by atoms with Crippen LogP contribution in [0.5, 0.6) is 0 Å². The summed E-state index contributed by atoms with van der Waals surface area (Å²) in [5, 5.41) is 5.71. The molecule has 5 heteroatoms. The van der Waals surface area contributed by atoms with Crippen LogP contribution in [-0.2, 0) is 16.1 Å². The van der Waals surface area contributed by atoms with Gasteiger partial charge < -0.3 is 0 Å². The molecule has 1 heterocycles. The second kappa shape index (κ2) is 6.54. The third kappa shape index (κ3) is 3.70. The highest BCUT2D eigenvalue weighted by atomic mass is 16.7. The van der Waals surface area contributed by atoms with Gasteiger partial charge in [0.1, 0.15) is 0 Å². The lowest BCUT2D eigenvalue weighted by atomic mass is 10.1. The Bertz CT molecular complexity index is 617. The van der Waals surface area contributed by atoms with Gasteiger partial charge in [0.25, 0.3) is 0 Å². The first-order chi connectivity index (χ1) is 10.0. The zero-order valence-corrected chi connectivity index (χ0v) is 13.0. The summed E-state index contributed by atoms with van der Waals surface area (Å²) in [5.41, 5.74) is 4.27. The lowest BCUT2D eigenvalue weighted by Gasteiger charge is -2.13. The van der Waals surface area contributed by atoms with Crippen LogP contribution in [0.4, 0.5) is 0 Å². The number of hydroxylamine groups is 2. The first kappa shape index (κ1) is 15.3. The summed E-state index contributed by atoms with van der Waals surface area (Å²) in [4.78, 5) is 16.5. The topological polar surface area (TPSA) is 47.4 Å². The molecule has 0 bridgehead atoms. The second-order valence-corrected chi connectivity index (χ2v) is 5.08. The minimum Gasteiger partial charge on any atom is -0.275 e. The van der Waals surface area contributed by atoms with Crippen molar-refractivity contribution >= 4 is 5.91 Å². The highest BCUT2D eigenvalue weighted by Crippen LogP contribution is 2.14. The molecule has 0 saturated heterocycles. The maximum atomic E-state index is 11.7. The highest BCUT2D eigenvalue weighted by Gasteiger charge is 2.08. The predicted molar refractivity (Wildman–Crippen MR) is 81.1 cm³/mol. The molecule has 0 spiro atoms.